The average molecular weight is 326 g/mol. The van der Waals surface area contributed by atoms with Gasteiger partial charge in [0.05, 0.1) is 0 Å². The molecule has 2 aromatic carbocycles. The Morgan fingerprint density at radius 1 is 1.08 bits per heavy atom. The van der Waals surface area contributed by atoms with Crippen LogP contribution in [0.5, 0.6) is 5.75 Å². The molecule has 0 saturated carbocycles. The zero-order valence-corrected chi connectivity index (χ0v) is 15.1. The molecule has 0 aliphatic carbocycles. The molecule has 1 atom stereocenters. The molecule has 0 heterocycles. The molecule has 0 spiro atoms. The van der Waals surface area contributed by atoms with Gasteiger partial charge >= 0.3 is 5.97 Å². The Morgan fingerprint density at radius 3 is 2.21 bits per heavy atom. The van der Waals surface area contributed by atoms with Crippen molar-refractivity contribution in [2.24, 2.45) is 0 Å². The molecule has 0 aromatic heterocycles. The second-order valence-electron chi connectivity index (χ2n) is 6.72. The van der Waals surface area contributed by atoms with Crippen LogP contribution in [-0.4, -0.2) is 17.2 Å². The highest BCUT2D eigenvalue weighted by molar-refractivity contribution is 5.73. The molecule has 0 unspecified atom stereocenters. The first-order chi connectivity index (χ1) is 11.3. The maximum absolute atomic E-state index is 11.8. The number of carboxylic acid groups (broad SMARTS) is 1. The van der Waals surface area contributed by atoms with Crippen LogP contribution in [0.3, 0.4) is 0 Å². The fraction of sp³-hybridized carbons (Fsp3) is 0.381. The number of ether oxygens (including phenoxy) is 1. The van der Waals surface area contributed by atoms with E-state index in [-0.39, 0.29) is 5.92 Å². The van der Waals surface area contributed by atoms with Crippen molar-refractivity contribution in [2.45, 2.75) is 53.1 Å². The lowest BCUT2D eigenvalue weighted by atomic mass is 9.95. The van der Waals surface area contributed by atoms with Gasteiger partial charge in [-0.2, -0.15) is 0 Å². The van der Waals surface area contributed by atoms with Crippen molar-refractivity contribution in [3.8, 4) is 5.75 Å². The first-order valence-corrected chi connectivity index (χ1v) is 8.34. The van der Waals surface area contributed by atoms with Crippen LogP contribution in [0.2, 0.25) is 0 Å². The molecule has 128 valence electrons. The maximum atomic E-state index is 11.8. The van der Waals surface area contributed by atoms with Gasteiger partial charge in [0.2, 0.25) is 0 Å². The first-order valence-electron chi connectivity index (χ1n) is 8.34. The number of carboxylic acids is 1. The first kappa shape index (κ1) is 18.1. The Hall–Kier alpha value is -2.29. The quantitative estimate of drug-likeness (QED) is 0.828. The second-order valence-corrected chi connectivity index (χ2v) is 6.72. The number of aliphatic carboxylic acids is 1. The fourth-order valence-electron chi connectivity index (χ4n) is 3.11. The van der Waals surface area contributed by atoms with Crippen LogP contribution in [-0.2, 0) is 11.2 Å². The maximum Gasteiger partial charge on any atom is 0.345 e. The zero-order valence-electron chi connectivity index (χ0n) is 15.1. The molecular formula is C21H26O3. The molecule has 0 aliphatic rings. The third kappa shape index (κ3) is 4.16. The number of hydrogen-bond donors (Lipinski definition) is 1. The van der Waals surface area contributed by atoms with Gasteiger partial charge in [-0.1, -0.05) is 49.7 Å². The third-order valence-corrected chi connectivity index (χ3v) is 4.32. The molecule has 3 heteroatoms. The Morgan fingerprint density at radius 2 is 1.67 bits per heavy atom. The molecule has 0 radical (unpaired) electrons. The number of para-hydroxylation sites is 1. The van der Waals surface area contributed by atoms with Crippen molar-refractivity contribution < 1.29 is 14.6 Å². The van der Waals surface area contributed by atoms with Crippen molar-refractivity contribution in [3.63, 3.8) is 0 Å². The van der Waals surface area contributed by atoms with Crippen LogP contribution in [0.25, 0.3) is 0 Å². The van der Waals surface area contributed by atoms with Gasteiger partial charge < -0.3 is 9.84 Å². The number of rotatable bonds is 6. The smallest absolute Gasteiger partial charge is 0.345 e. The van der Waals surface area contributed by atoms with E-state index in [1.165, 1.54) is 5.56 Å². The highest BCUT2D eigenvalue weighted by Gasteiger charge is 2.23. The number of hydrogen-bond acceptors (Lipinski definition) is 2. The van der Waals surface area contributed by atoms with E-state index < -0.39 is 12.1 Å². The van der Waals surface area contributed by atoms with Gasteiger partial charge in [0.15, 0.2) is 6.10 Å². The Kier molecular flexibility index (Phi) is 5.66. The van der Waals surface area contributed by atoms with Gasteiger partial charge in [0, 0.05) is 6.42 Å². The lowest BCUT2D eigenvalue weighted by Gasteiger charge is -2.21. The summed E-state index contributed by atoms with van der Waals surface area (Å²) in [6.45, 7) is 10.2. The number of carbonyl (C=O) groups is 1. The highest BCUT2D eigenvalue weighted by Crippen LogP contribution is 2.28. The van der Waals surface area contributed by atoms with Crippen LogP contribution in [0.1, 0.15) is 47.6 Å². The topological polar surface area (TPSA) is 46.5 Å². The standard InChI is InChI=1S/C21H26O3/c1-13(2)17-8-6-7-9-19(17)24-20(21(22)23)12-18-15(4)10-14(3)11-16(18)5/h6-11,13,20H,12H2,1-5H3,(H,22,23)/t20-/m0/s1. The van der Waals surface area contributed by atoms with Gasteiger partial charge in [-0.25, -0.2) is 4.79 Å². The van der Waals surface area contributed by atoms with Crippen molar-refractivity contribution in [1.82, 2.24) is 0 Å². The molecule has 0 amide bonds. The Balaban J connectivity index is 2.31. The van der Waals surface area contributed by atoms with Gasteiger partial charge in [-0.15, -0.1) is 0 Å². The van der Waals surface area contributed by atoms with Gasteiger partial charge in [-0.3, -0.25) is 0 Å². The molecule has 0 saturated heterocycles. The summed E-state index contributed by atoms with van der Waals surface area (Å²) in [6, 6.07) is 11.8. The van der Waals surface area contributed by atoms with Gasteiger partial charge in [0.25, 0.3) is 0 Å². The van der Waals surface area contributed by atoms with Crippen molar-refractivity contribution in [3.05, 3.63) is 64.2 Å². The van der Waals surface area contributed by atoms with E-state index >= 15 is 0 Å². The number of aryl methyl sites for hydroxylation is 3. The summed E-state index contributed by atoms with van der Waals surface area (Å²) >= 11 is 0. The predicted octanol–water partition coefficient (Wildman–Crippen LogP) is 4.81. The monoisotopic (exact) mass is 326 g/mol. The summed E-state index contributed by atoms with van der Waals surface area (Å²) in [5.41, 5.74) is 5.49. The molecule has 2 aromatic rings. The molecule has 0 aliphatic heterocycles. The SMILES string of the molecule is Cc1cc(C)c(C[C@H](Oc2ccccc2C(C)C)C(=O)O)c(C)c1. The summed E-state index contributed by atoms with van der Waals surface area (Å²) in [5, 5.41) is 9.64. The van der Waals surface area contributed by atoms with Crippen LogP contribution in [0.4, 0.5) is 0 Å². The van der Waals surface area contributed by atoms with Crippen molar-refractivity contribution >= 4 is 5.97 Å². The summed E-state index contributed by atoms with van der Waals surface area (Å²) < 4.78 is 5.91. The molecule has 2 rings (SSSR count). The average Bonchev–Trinajstić information content (AvgIpc) is 2.49. The Bertz CT molecular complexity index is 709. The minimum atomic E-state index is -0.937. The molecule has 24 heavy (non-hydrogen) atoms. The minimum absolute atomic E-state index is 0.276. The van der Waals surface area contributed by atoms with Crippen LogP contribution in [0, 0.1) is 20.8 Å². The lowest BCUT2D eigenvalue weighted by Crippen LogP contribution is -2.30. The van der Waals surface area contributed by atoms with E-state index in [1.54, 1.807) is 0 Å². The summed E-state index contributed by atoms with van der Waals surface area (Å²) in [7, 11) is 0. The second kappa shape index (κ2) is 7.52. The zero-order chi connectivity index (χ0) is 17.9. The van der Waals surface area contributed by atoms with E-state index in [4.69, 9.17) is 4.74 Å². The van der Waals surface area contributed by atoms with Gasteiger partial charge in [-0.05, 0) is 55.0 Å². The number of benzene rings is 2. The van der Waals surface area contributed by atoms with E-state index in [2.05, 4.69) is 26.0 Å². The normalized spacial score (nSPS) is 12.2. The van der Waals surface area contributed by atoms with Crippen molar-refractivity contribution in [2.75, 3.05) is 0 Å². The third-order valence-electron chi connectivity index (χ3n) is 4.32. The summed E-state index contributed by atoms with van der Waals surface area (Å²) in [5.74, 6) is -0.00579. The largest absolute Gasteiger partial charge is 0.478 e. The minimum Gasteiger partial charge on any atom is -0.478 e. The summed E-state index contributed by atoms with van der Waals surface area (Å²) in [6.07, 6.45) is -0.537. The molecule has 1 N–H and O–H groups in total. The Labute approximate surface area is 144 Å². The predicted molar refractivity (Wildman–Crippen MR) is 96.9 cm³/mol. The molecule has 0 bridgehead atoms. The van der Waals surface area contributed by atoms with Crippen LogP contribution in [0.15, 0.2) is 36.4 Å². The van der Waals surface area contributed by atoms with Crippen molar-refractivity contribution in [1.29, 1.82) is 0 Å². The van der Waals surface area contributed by atoms with Crippen LogP contribution >= 0.6 is 0 Å². The molecular weight excluding hydrogens is 300 g/mol. The summed E-state index contributed by atoms with van der Waals surface area (Å²) in [4.78, 5) is 11.8. The van der Waals surface area contributed by atoms with E-state index in [1.807, 2.05) is 45.0 Å². The van der Waals surface area contributed by atoms with E-state index in [0.29, 0.717) is 12.2 Å². The molecule has 3 nitrogen and oxygen atoms in total. The lowest BCUT2D eigenvalue weighted by molar-refractivity contribution is -0.145. The molecule has 0 fully saturated rings. The van der Waals surface area contributed by atoms with E-state index in [9.17, 15) is 9.90 Å². The van der Waals surface area contributed by atoms with Gasteiger partial charge in [0.1, 0.15) is 5.75 Å². The van der Waals surface area contributed by atoms with Crippen LogP contribution < -0.4 is 4.74 Å². The van der Waals surface area contributed by atoms with E-state index in [0.717, 1.165) is 22.3 Å². The highest BCUT2D eigenvalue weighted by atomic mass is 16.5. The fourth-order valence-corrected chi connectivity index (χ4v) is 3.11.